The van der Waals surface area contributed by atoms with Crippen LogP contribution in [0.3, 0.4) is 0 Å². The number of hydrogen-bond donors (Lipinski definition) is 1. The number of aromatic nitrogens is 2. The van der Waals surface area contributed by atoms with E-state index in [0.29, 0.717) is 11.7 Å². The largest absolute Gasteiger partial charge is 0.388 e. The Balaban J connectivity index is 2.12. The van der Waals surface area contributed by atoms with Gasteiger partial charge < -0.3 is 9.63 Å². The van der Waals surface area contributed by atoms with E-state index in [1.54, 1.807) is 0 Å². The van der Waals surface area contributed by atoms with E-state index in [1.807, 2.05) is 37.3 Å². The predicted molar refractivity (Wildman–Crippen MR) is 77.3 cm³/mol. The van der Waals surface area contributed by atoms with Gasteiger partial charge in [-0.1, -0.05) is 63.2 Å². The van der Waals surface area contributed by atoms with E-state index in [4.69, 9.17) is 4.52 Å². The van der Waals surface area contributed by atoms with Crippen LogP contribution in [0.4, 0.5) is 0 Å². The molecule has 2 rings (SSSR count). The summed E-state index contributed by atoms with van der Waals surface area (Å²) in [4.78, 5) is 4.40. The molecule has 0 saturated heterocycles. The molecule has 1 aromatic carbocycles. The van der Waals surface area contributed by atoms with E-state index in [-0.39, 0.29) is 11.3 Å². The number of benzene rings is 1. The second-order valence-corrected chi connectivity index (χ2v) is 6.43. The van der Waals surface area contributed by atoms with Crippen LogP contribution in [0.15, 0.2) is 34.9 Å². The average Bonchev–Trinajstić information content (AvgIpc) is 2.84. The van der Waals surface area contributed by atoms with Gasteiger partial charge in [-0.2, -0.15) is 4.98 Å². The van der Waals surface area contributed by atoms with Crippen molar-refractivity contribution in [1.29, 1.82) is 0 Å². The van der Waals surface area contributed by atoms with Crippen LogP contribution >= 0.6 is 0 Å². The molecule has 4 nitrogen and oxygen atoms in total. The molecule has 108 valence electrons. The molecule has 4 heteroatoms. The van der Waals surface area contributed by atoms with Gasteiger partial charge in [0.05, 0.1) is 12.0 Å². The Kier molecular flexibility index (Phi) is 4.23. The molecule has 2 unspecified atom stereocenters. The highest BCUT2D eigenvalue weighted by Crippen LogP contribution is 2.30. The monoisotopic (exact) mass is 274 g/mol. The minimum atomic E-state index is -0.640. The van der Waals surface area contributed by atoms with Crippen molar-refractivity contribution in [1.82, 2.24) is 10.1 Å². The maximum atomic E-state index is 10.4. The van der Waals surface area contributed by atoms with Crippen LogP contribution in [-0.4, -0.2) is 15.2 Å². The van der Waals surface area contributed by atoms with Crippen molar-refractivity contribution in [3.05, 3.63) is 47.6 Å². The highest BCUT2D eigenvalue weighted by atomic mass is 16.5. The van der Waals surface area contributed by atoms with Gasteiger partial charge in [-0.15, -0.1) is 0 Å². The molecular weight excluding hydrogens is 252 g/mol. The SMILES string of the molecule is CC(c1nc(CC(C)(C)C)no1)C(O)c1ccccc1. The molecule has 0 aliphatic rings. The van der Waals surface area contributed by atoms with Crippen molar-refractivity contribution in [2.24, 2.45) is 5.41 Å². The van der Waals surface area contributed by atoms with E-state index in [0.717, 1.165) is 12.0 Å². The summed E-state index contributed by atoms with van der Waals surface area (Å²) in [6, 6.07) is 9.53. The standard InChI is InChI=1S/C16H22N2O2/c1-11(14(19)12-8-6-5-7-9-12)15-17-13(18-20-15)10-16(2,3)4/h5-9,11,14,19H,10H2,1-4H3. The van der Waals surface area contributed by atoms with Crippen molar-refractivity contribution in [3.63, 3.8) is 0 Å². The van der Waals surface area contributed by atoms with Crippen molar-refractivity contribution < 1.29 is 9.63 Å². The average molecular weight is 274 g/mol. The highest BCUT2D eigenvalue weighted by molar-refractivity contribution is 5.20. The lowest BCUT2D eigenvalue weighted by Gasteiger charge is -2.16. The molecule has 2 atom stereocenters. The molecule has 0 spiro atoms. The van der Waals surface area contributed by atoms with Crippen molar-refractivity contribution in [2.75, 3.05) is 0 Å². The quantitative estimate of drug-likeness (QED) is 0.927. The van der Waals surface area contributed by atoms with Gasteiger partial charge in [0.1, 0.15) is 0 Å². The molecule has 0 aliphatic heterocycles. The molecule has 0 amide bonds. The zero-order valence-electron chi connectivity index (χ0n) is 12.5. The van der Waals surface area contributed by atoms with Gasteiger partial charge in [0.15, 0.2) is 5.82 Å². The summed E-state index contributed by atoms with van der Waals surface area (Å²) in [5.74, 6) is 0.957. The van der Waals surface area contributed by atoms with E-state index in [1.165, 1.54) is 0 Å². The minimum absolute atomic E-state index is 0.114. The molecular formula is C16H22N2O2. The van der Waals surface area contributed by atoms with Crippen LogP contribution in [0.5, 0.6) is 0 Å². The lowest BCUT2D eigenvalue weighted by molar-refractivity contribution is 0.135. The molecule has 1 N–H and O–H groups in total. The fraction of sp³-hybridized carbons (Fsp3) is 0.500. The van der Waals surface area contributed by atoms with Crippen LogP contribution < -0.4 is 0 Å². The van der Waals surface area contributed by atoms with E-state index in [2.05, 4.69) is 30.9 Å². The van der Waals surface area contributed by atoms with Crippen molar-refractivity contribution in [3.8, 4) is 0 Å². The Hall–Kier alpha value is -1.68. The topological polar surface area (TPSA) is 59.2 Å². The lowest BCUT2D eigenvalue weighted by Crippen LogP contribution is -2.11. The molecule has 0 bridgehead atoms. The van der Waals surface area contributed by atoms with Crippen molar-refractivity contribution in [2.45, 2.75) is 46.1 Å². The Bertz CT molecular complexity index is 543. The van der Waals surface area contributed by atoms with Gasteiger partial charge in [0.25, 0.3) is 0 Å². The summed E-state index contributed by atoms with van der Waals surface area (Å²) in [5.41, 5.74) is 0.971. The molecule has 2 aromatic rings. The van der Waals surface area contributed by atoms with Crippen LogP contribution in [0.1, 0.15) is 57.0 Å². The van der Waals surface area contributed by atoms with E-state index >= 15 is 0 Å². The fourth-order valence-corrected chi connectivity index (χ4v) is 2.07. The second kappa shape index (κ2) is 5.75. The smallest absolute Gasteiger partial charge is 0.232 e. The van der Waals surface area contributed by atoms with Crippen LogP contribution in [0, 0.1) is 5.41 Å². The third-order valence-electron chi connectivity index (χ3n) is 3.18. The maximum Gasteiger partial charge on any atom is 0.232 e. The number of aliphatic hydroxyl groups is 1. The molecule has 0 saturated carbocycles. The van der Waals surface area contributed by atoms with E-state index < -0.39 is 6.10 Å². The van der Waals surface area contributed by atoms with Crippen LogP contribution in [0.2, 0.25) is 0 Å². The van der Waals surface area contributed by atoms with Crippen LogP contribution in [0.25, 0.3) is 0 Å². The summed E-state index contributed by atoms with van der Waals surface area (Å²) in [6.45, 7) is 8.29. The molecule has 0 radical (unpaired) electrons. The summed E-state index contributed by atoms with van der Waals surface area (Å²) in [7, 11) is 0. The third kappa shape index (κ3) is 3.67. The molecule has 1 aromatic heterocycles. The maximum absolute atomic E-state index is 10.4. The lowest BCUT2D eigenvalue weighted by atomic mass is 9.92. The first-order valence-corrected chi connectivity index (χ1v) is 6.92. The first-order chi connectivity index (χ1) is 9.37. The van der Waals surface area contributed by atoms with Gasteiger partial charge in [-0.3, -0.25) is 0 Å². The Morgan fingerprint density at radius 3 is 2.45 bits per heavy atom. The van der Waals surface area contributed by atoms with Crippen LogP contribution in [-0.2, 0) is 6.42 Å². The first kappa shape index (κ1) is 14.7. The molecule has 20 heavy (non-hydrogen) atoms. The normalized spacial score (nSPS) is 15.1. The molecule has 0 aliphatic carbocycles. The summed E-state index contributed by atoms with van der Waals surface area (Å²) in [6.07, 6.45) is 0.115. The third-order valence-corrected chi connectivity index (χ3v) is 3.18. The minimum Gasteiger partial charge on any atom is -0.388 e. The zero-order valence-corrected chi connectivity index (χ0v) is 12.5. The molecule has 1 heterocycles. The number of nitrogens with zero attached hydrogens (tertiary/aromatic N) is 2. The zero-order chi connectivity index (χ0) is 14.8. The van der Waals surface area contributed by atoms with Gasteiger partial charge in [0.2, 0.25) is 5.89 Å². The second-order valence-electron chi connectivity index (χ2n) is 6.43. The van der Waals surface area contributed by atoms with E-state index in [9.17, 15) is 5.11 Å². The summed E-state index contributed by atoms with van der Waals surface area (Å²) in [5, 5.41) is 14.4. The number of aliphatic hydroxyl groups excluding tert-OH is 1. The first-order valence-electron chi connectivity index (χ1n) is 6.92. The van der Waals surface area contributed by atoms with Gasteiger partial charge >= 0.3 is 0 Å². The Morgan fingerprint density at radius 2 is 1.85 bits per heavy atom. The van der Waals surface area contributed by atoms with Gasteiger partial charge in [0, 0.05) is 6.42 Å². The highest BCUT2D eigenvalue weighted by Gasteiger charge is 2.24. The summed E-state index contributed by atoms with van der Waals surface area (Å²) < 4.78 is 5.29. The van der Waals surface area contributed by atoms with Crippen molar-refractivity contribution >= 4 is 0 Å². The predicted octanol–water partition coefficient (Wildman–Crippen LogP) is 3.50. The number of hydrogen-bond acceptors (Lipinski definition) is 4. The van der Waals surface area contributed by atoms with Gasteiger partial charge in [-0.05, 0) is 11.0 Å². The Morgan fingerprint density at radius 1 is 1.20 bits per heavy atom. The number of rotatable bonds is 4. The van der Waals surface area contributed by atoms with Gasteiger partial charge in [-0.25, -0.2) is 0 Å². The fourth-order valence-electron chi connectivity index (χ4n) is 2.07. The Labute approximate surface area is 119 Å². The summed E-state index contributed by atoms with van der Waals surface area (Å²) >= 11 is 0. The molecule has 0 fully saturated rings.